The van der Waals surface area contributed by atoms with Gasteiger partial charge in [-0.2, -0.15) is 0 Å². The smallest absolute Gasteiger partial charge is 0.123 e. The maximum absolute atomic E-state index is 13.2. The SMILES string of the molecule is CCN/C=C(/CC1(C)CC(C=N)=C(Nc2ccc(F)cc2)C=C1CCNS)NN. The molecule has 2 rings (SSSR count). The molecule has 0 saturated heterocycles. The summed E-state index contributed by atoms with van der Waals surface area (Å²) in [5.41, 5.74) is 7.24. The van der Waals surface area contributed by atoms with Crippen LogP contribution < -0.4 is 26.6 Å². The molecule has 0 radical (unpaired) electrons. The van der Waals surface area contributed by atoms with Gasteiger partial charge >= 0.3 is 0 Å². The van der Waals surface area contributed by atoms with Crippen LogP contribution in [0.15, 0.2) is 59.1 Å². The molecule has 0 heterocycles. The molecule has 0 saturated carbocycles. The first kappa shape index (κ1) is 23.0. The lowest BCUT2D eigenvalue weighted by atomic mass is 9.69. The summed E-state index contributed by atoms with van der Waals surface area (Å²) in [7, 11) is 0. The normalized spacial score (nSPS) is 19.6. The Balaban J connectivity index is 2.35. The number of benzene rings is 1. The molecular weight excluding hydrogens is 387 g/mol. The number of nitrogens with one attached hydrogen (secondary N) is 5. The molecule has 7 N–H and O–H groups in total. The first-order valence-electron chi connectivity index (χ1n) is 9.69. The third-order valence-corrected chi connectivity index (χ3v) is 5.29. The average Bonchev–Trinajstić information content (AvgIpc) is 2.72. The molecule has 29 heavy (non-hydrogen) atoms. The van der Waals surface area contributed by atoms with E-state index in [2.05, 4.69) is 46.6 Å². The number of allylic oxidation sites excluding steroid dienone is 3. The molecule has 0 aromatic heterocycles. The zero-order valence-electron chi connectivity index (χ0n) is 17.0. The van der Waals surface area contributed by atoms with Gasteiger partial charge in [-0.15, -0.1) is 0 Å². The molecule has 1 aliphatic carbocycles. The van der Waals surface area contributed by atoms with Crippen LogP contribution >= 0.6 is 12.8 Å². The zero-order chi connectivity index (χ0) is 21.3. The van der Waals surface area contributed by atoms with Gasteiger partial charge in [0.25, 0.3) is 0 Å². The molecule has 1 atom stereocenters. The first-order chi connectivity index (χ1) is 14.0. The highest BCUT2D eigenvalue weighted by Crippen LogP contribution is 2.45. The molecule has 6 nitrogen and oxygen atoms in total. The molecule has 0 spiro atoms. The minimum atomic E-state index is -0.279. The minimum absolute atomic E-state index is 0.209. The fourth-order valence-electron chi connectivity index (χ4n) is 3.53. The van der Waals surface area contributed by atoms with Gasteiger partial charge in [-0.1, -0.05) is 25.3 Å². The van der Waals surface area contributed by atoms with Crippen molar-refractivity contribution in [3.8, 4) is 0 Å². The lowest BCUT2D eigenvalue weighted by Crippen LogP contribution is -2.33. The van der Waals surface area contributed by atoms with E-state index in [4.69, 9.17) is 11.3 Å². The third kappa shape index (κ3) is 6.35. The van der Waals surface area contributed by atoms with Crippen LogP contribution in [-0.2, 0) is 0 Å². The molecule has 0 bridgehead atoms. The summed E-state index contributed by atoms with van der Waals surface area (Å²) < 4.78 is 16.1. The second-order valence-corrected chi connectivity index (χ2v) is 7.64. The van der Waals surface area contributed by atoms with Gasteiger partial charge in [0.2, 0.25) is 0 Å². The second kappa shape index (κ2) is 11.0. The van der Waals surface area contributed by atoms with Gasteiger partial charge in [-0.05, 0) is 67.5 Å². The predicted molar refractivity (Wildman–Crippen MR) is 122 cm³/mol. The Morgan fingerprint density at radius 1 is 1.34 bits per heavy atom. The Morgan fingerprint density at radius 2 is 2.07 bits per heavy atom. The van der Waals surface area contributed by atoms with Crippen molar-refractivity contribution in [3.63, 3.8) is 0 Å². The number of hydrogen-bond donors (Lipinski definition) is 7. The van der Waals surface area contributed by atoms with Gasteiger partial charge in [0.1, 0.15) is 5.82 Å². The van der Waals surface area contributed by atoms with Gasteiger partial charge in [0.15, 0.2) is 0 Å². The highest BCUT2D eigenvalue weighted by molar-refractivity contribution is 7.78. The summed E-state index contributed by atoms with van der Waals surface area (Å²) in [4.78, 5) is 0. The van der Waals surface area contributed by atoms with Crippen LogP contribution in [0.2, 0.25) is 0 Å². The van der Waals surface area contributed by atoms with E-state index < -0.39 is 0 Å². The standard InChI is InChI=1S/C21H31FN6S/c1-3-25-14-19(28-24)12-21(2)11-15(13-23)20(10-16(21)8-9-26-29)27-18-6-4-17(22)5-7-18/h4-7,10,13-14,23,25-29H,3,8-9,11-12,24H2,1-2H3/b19-14-,23-13?. The number of anilines is 1. The highest BCUT2D eigenvalue weighted by atomic mass is 32.1. The van der Waals surface area contributed by atoms with E-state index in [0.717, 1.165) is 42.2 Å². The maximum atomic E-state index is 13.2. The van der Waals surface area contributed by atoms with Crippen LogP contribution in [0.4, 0.5) is 10.1 Å². The molecule has 1 unspecified atom stereocenters. The fraction of sp³-hybridized carbons (Fsp3) is 0.381. The largest absolute Gasteiger partial charge is 0.390 e. The maximum Gasteiger partial charge on any atom is 0.123 e. The molecule has 0 amide bonds. The van der Waals surface area contributed by atoms with Crippen molar-refractivity contribution in [1.82, 2.24) is 15.5 Å². The summed E-state index contributed by atoms with van der Waals surface area (Å²) in [6.45, 7) is 5.74. The van der Waals surface area contributed by atoms with Gasteiger partial charge < -0.3 is 21.5 Å². The quantitative estimate of drug-likeness (QED) is 0.129. The van der Waals surface area contributed by atoms with Crippen LogP contribution in [0, 0.1) is 16.6 Å². The molecule has 0 fully saturated rings. The van der Waals surface area contributed by atoms with Crippen molar-refractivity contribution < 1.29 is 4.39 Å². The Labute approximate surface area is 177 Å². The van der Waals surface area contributed by atoms with Crippen molar-refractivity contribution in [2.24, 2.45) is 11.3 Å². The number of hydrogen-bond acceptors (Lipinski definition) is 7. The Kier molecular flexibility index (Phi) is 8.75. The van der Waals surface area contributed by atoms with E-state index in [1.165, 1.54) is 23.9 Å². The van der Waals surface area contributed by atoms with E-state index in [0.29, 0.717) is 12.8 Å². The summed E-state index contributed by atoms with van der Waals surface area (Å²) >= 11 is 4.13. The number of thiol groups is 1. The highest BCUT2D eigenvalue weighted by Gasteiger charge is 2.34. The Bertz CT molecular complexity index is 787. The Morgan fingerprint density at radius 3 is 2.66 bits per heavy atom. The van der Waals surface area contributed by atoms with E-state index in [9.17, 15) is 4.39 Å². The zero-order valence-corrected chi connectivity index (χ0v) is 17.9. The molecule has 158 valence electrons. The third-order valence-electron chi connectivity index (χ3n) is 5.07. The van der Waals surface area contributed by atoms with Crippen LogP contribution in [0.25, 0.3) is 0 Å². The second-order valence-electron chi connectivity index (χ2n) is 7.33. The van der Waals surface area contributed by atoms with Gasteiger partial charge in [-0.25, -0.2) is 4.39 Å². The van der Waals surface area contributed by atoms with Gasteiger partial charge in [0.05, 0.1) is 0 Å². The lowest BCUT2D eigenvalue weighted by molar-refractivity contribution is 0.365. The molecule has 0 aliphatic heterocycles. The number of halogens is 1. The molecule has 1 aromatic rings. The monoisotopic (exact) mass is 418 g/mol. The van der Waals surface area contributed by atoms with Gasteiger partial charge in [-0.3, -0.25) is 10.6 Å². The van der Waals surface area contributed by atoms with Crippen LogP contribution in [0.3, 0.4) is 0 Å². The van der Waals surface area contributed by atoms with E-state index in [1.54, 1.807) is 12.1 Å². The molecule has 1 aliphatic rings. The first-order valence-corrected chi connectivity index (χ1v) is 10.1. The Hall–Kier alpha value is -2.29. The van der Waals surface area contributed by atoms with Crippen molar-refractivity contribution >= 4 is 24.7 Å². The fourth-order valence-corrected chi connectivity index (χ4v) is 3.65. The number of rotatable bonds is 11. The summed E-state index contributed by atoms with van der Waals surface area (Å²) in [6, 6.07) is 6.21. The van der Waals surface area contributed by atoms with Crippen molar-refractivity contribution in [3.05, 3.63) is 64.9 Å². The summed E-state index contributed by atoms with van der Waals surface area (Å²) in [5.74, 6) is 5.46. The molecular formula is C21H31FN6S. The number of hydrazine groups is 1. The average molecular weight is 419 g/mol. The van der Waals surface area contributed by atoms with Crippen LogP contribution in [0.1, 0.15) is 33.1 Å². The topological polar surface area (TPSA) is 98.0 Å². The van der Waals surface area contributed by atoms with Crippen molar-refractivity contribution in [2.75, 3.05) is 18.4 Å². The summed E-state index contributed by atoms with van der Waals surface area (Å²) in [5, 5.41) is 14.5. The van der Waals surface area contributed by atoms with Crippen LogP contribution in [-0.4, -0.2) is 19.3 Å². The predicted octanol–water partition coefficient (Wildman–Crippen LogP) is 3.61. The van der Waals surface area contributed by atoms with Crippen molar-refractivity contribution in [2.45, 2.75) is 33.1 Å². The minimum Gasteiger partial charge on any atom is -0.390 e. The van der Waals surface area contributed by atoms with Crippen LogP contribution in [0.5, 0.6) is 0 Å². The van der Waals surface area contributed by atoms with E-state index in [-0.39, 0.29) is 11.2 Å². The summed E-state index contributed by atoms with van der Waals surface area (Å²) in [6.07, 6.45) is 7.58. The number of nitrogens with two attached hydrogens (primary N) is 1. The van der Waals surface area contributed by atoms with Crippen molar-refractivity contribution in [1.29, 1.82) is 5.41 Å². The molecule has 8 heteroatoms. The van der Waals surface area contributed by atoms with Gasteiger partial charge in [0, 0.05) is 42.6 Å². The lowest BCUT2D eigenvalue weighted by Gasteiger charge is -2.38. The molecule has 1 aromatic carbocycles. The van der Waals surface area contributed by atoms with E-state index >= 15 is 0 Å². The van der Waals surface area contributed by atoms with E-state index in [1.807, 2.05) is 13.1 Å².